The van der Waals surface area contributed by atoms with Gasteiger partial charge >= 0.3 is 6.18 Å². The van der Waals surface area contributed by atoms with Gasteiger partial charge < -0.3 is 9.80 Å². The highest BCUT2D eigenvalue weighted by molar-refractivity contribution is 6.17. The van der Waals surface area contributed by atoms with Gasteiger partial charge in [-0.25, -0.2) is 0 Å². The molecule has 0 N–H and O–H groups in total. The zero-order valence-corrected chi connectivity index (χ0v) is 15.5. The molecule has 3 rings (SSSR count). The van der Waals surface area contributed by atoms with Crippen LogP contribution in [0.3, 0.4) is 0 Å². The smallest absolute Gasteiger partial charge is 0.309 e. The van der Waals surface area contributed by atoms with Crippen molar-refractivity contribution in [3.63, 3.8) is 0 Å². The number of nitrogens with zero attached hydrogens (tertiary/aromatic N) is 3. The summed E-state index contributed by atoms with van der Waals surface area (Å²) in [5, 5.41) is 0. The lowest BCUT2D eigenvalue weighted by Gasteiger charge is -2.24. The normalized spacial score (nSPS) is 15.1. The number of para-hydroxylation sites is 1. The second-order valence-electron chi connectivity index (χ2n) is 6.81. The van der Waals surface area contributed by atoms with Crippen molar-refractivity contribution in [2.24, 2.45) is 0 Å². The van der Waals surface area contributed by atoms with Gasteiger partial charge in [0.15, 0.2) is 0 Å². The first-order chi connectivity index (χ1) is 13.2. The number of benzene rings is 2. The van der Waals surface area contributed by atoms with Crippen LogP contribution in [0.5, 0.6) is 0 Å². The molecule has 2 aromatic carbocycles. The average Bonchev–Trinajstić information content (AvgIpc) is 2.75. The zero-order chi connectivity index (χ0) is 20.5. The number of fused-ring (bicyclic) bond motifs is 1. The van der Waals surface area contributed by atoms with Gasteiger partial charge in [0, 0.05) is 18.8 Å². The maximum absolute atomic E-state index is 13.2. The van der Waals surface area contributed by atoms with Crippen molar-refractivity contribution >= 4 is 23.2 Å². The molecule has 2 amide bonds. The Hall–Kier alpha value is -2.87. The van der Waals surface area contributed by atoms with Crippen LogP contribution in [0.2, 0.25) is 0 Å². The van der Waals surface area contributed by atoms with E-state index >= 15 is 0 Å². The molecule has 2 aromatic rings. The molecule has 1 heterocycles. The van der Waals surface area contributed by atoms with E-state index in [2.05, 4.69) is 0 Å². The standard InChI is InChI=1S/C20H20F3N3O2/c1-24(2)10-11-25-17-9-8-14(20(21,22)23)12-16(17)19(28)26(13-18(25)27)15-6-4-3-5-7-15/h3-9,12H,10-11,13H2,1-2H3. The van der Waals surface area contributed by atoms with E-state index in [1.165, 1.54) is 15.9 Å². The van der Waals surface area contributed by atoms with Crippen LogP contribution in [0.15, 0.2) is 48.5 Å². The highest BCUT2D eigenvalue weighted by Gasteiger charge is 2.36. The number of carbonyl (C=O) groups is 2. The fourth-order valence-electron chi connectivity index (χ4n) is 3.05. The van der Waals surface area contributed by atoms with Crippen LogP contribution in [0.4, 0.5) is 24.5 Å². The van der Waals surface area contributed by atoms with Crippen molar-refractivity contribution in [3.8, 4) is 0 Å². The van der Waals surface area contributed by atoms with E-state index in [1.807, 2.05) is 19.0 Å². The average molecular weight is 391 g/mol. The molecule has 0 spiro atoms. The molecular formula is C20H20F3N3O2. The summed E-state index contributed by atoms with van der Waals surface area (Å²) in [5.41, 5.74) is -0.403. The van der Waals surface area contributed by atoms with Gasteiger partial charge in [0.1, 0.15) is 6.54 Å². The third-order valence-corrected chi connectivity index (χ3v) is 4.52. The number of halogens is 3. The van der Waals surface area contributed by atoms with E-state index in [0.29, 0.717) is 12.2 Å². The summed E-state index contributed by atoms with van der Waals surface area (Å²) in [5.74, 6) is -0.981. The maximum Gasteiger partial charge on any atom is 0.416 e. The first-order valence-corrected chi connectivity index (χ1v) is 8.72. The molecule has 8 heteroatoms. The van der Waals surface area contributed by atoms with Crippen molar-refractivity contribution in [1.82, 2.24) is 4.90 Å². The van der Waals surface area contributed by atoms with Crippen molar-refractivity contribution < 1.29 is 22.8 Å². The SMILES string of the molecule is CN(C)CCN1C(=O)CN(c2ccccc2)C(=O)c2cc(C(F)(F)F)ccc21. The molecule has 0 aromatic heterocycles. The highest BCUT2D eigenvalue weighted by atomic mass is 19.4. The molecule has 0 atom stereocenters. The minimum absolute atomic E-state index is 0.136. The predicted octanol–water partition coefficient (Wildman–Crippen LogP) is 3.26. The molecule has 1 aliphatic rings. The zero-order valence-electron chi connectivity index (χ0n) is 15.5. The van der Waals surface area contributed by atoms with Crippen LogP contribution in [-0.4, -0.2) is 50.4 Å². The second-order valence-corrected chi connectivity index (χ2v) is 6.81. The van der Waals surface area contributed by atoms with Gasteiger partial charge in [0.25, 0.3) is 5.91 Å². The van der Waals surface area contributed by atoms with Crippen LogP contribution in [0.25, 0.3) is 0 Å². The molecule has 1 aliphatic heterocycles. The first kappa shape index (κ1) is 19.9. The molecule has 0 saturated heterocycles. The Morgan fingerprint density at radius 2 is 1.71 bits per heavy atom. The van der Waals surface area contributed by atoms with Crippen LogP contribution in [0, 0.1) is 0 Å². The van der Waals surface area contributed by atoms with Gasteiger partial charge in [-0.3, -0.25) is 14.5 Å². The number of anilines is 2. The Morgan fingerprint density at radius 1 is 1.04 bits per heavy atom. The van der Waals surface area contributed by atoms with Crippen molar-refractivity contribution in [2.75, 3.05) is 43.5 Å². The third kappa shape index (κ3) is 4.01. The van der Waals surface area contributed by atoms with E-state index in [0.717, 1.165) is 12.1 Å². The number of rotatable bonds is 4. The van der Waals surface area contributed by atoms with Crippen molar-refractivity contribution in [1.29, 1.82) is 0 Å². The Balaban J connectivity index is 2.12. The summed E-state index contributed by atoms with van der Waals surface area (Å²) < 4.78 is 39.7. The lowest BCUT2D eigenvalue weighted by atomic mass is 10.1. The lowest BCUT2D eigenvalue weighted by molar-refractivity contribution is -0.137. The third-order valence-electron chi connectivity index (χ3n) is 4.52. The van der Waals surface area contributed by atoms with E-state index in [4.69, 9.17) is 0 Å². The van der Waals surface area contributed by atoms with E-state index in [1.54, 1.807) is 30.3 Å². The fraction of sp³-hybridized carbons (Fsp3) is 0.300. The van der Waals surface area contributed by atoms with Crippen molar-refractivity contribution in [3.05, 3.63) is 59.7 Å². The van der Waals surface area contributed by atoms with Crippen molar-refractivity contribution in [2.45, 2.75) is 6.18 Å². The summed E-state index contributed by atoms with van der Waals surface area (Å²) in [6.07, 6.45) is -4.59. The van der Waals surface area contributed by atoms with Crippen LogP contribution < -0.4 is 9.80 Å². The number of likely N-dealkylation sites (N-methyl/N-ethyl adjacent to an activating group) is 1. The van der Waals surface area contributed by atoms with E-state index in [-0.39, 0.29) is 30.2 Å². The molecule has 0 bridgehead atoms. The van der Waals surface area contributed by atoms with E-state index in [9.17, 15) is 22.8 Å². The second kappa shape index (κ2) is 7.63. The summed E-state index contributed by atoms with van der Waals surface area (Å²) in [4.78, 5) is 30.5. The quantitative estimate of drug-likeness (QED) is 0.804. The Bertz CT molecular complexity index is 882. The molecule has 0 saturated carbocycles. The van der Waals surface area contributed by atoms with Gasteiger partial charge in [0.05, 0.1) is 16.8 Å². The maximum atomic E-state index is 13.2. The van der Waals surface area contributed by atoms with Crippen LogP contribution in [0.1, 0.15) is 15.9 Å². The molecule has 148 valence electrons. The molecule has 5 nitrogen and oxygen atoms in total. The van der Waals surface area contributed by atoms with Gasteiger partial charge in [-0.2, -0.15) is 13.2 Å². The van der Waals surface area contributed by atoms with Gasteiger partial charge in [-0.15, -0.1) is 0 Å². The minimum atomic E-state index is -4.59. The number of hydrogen-bond donors (Lipinski definition) is 0. The van der Waals surface area contributed by atoms with Crippen LogP contribution in [-0.2, 0) is 11.0 Å². The summed E-state index contributed by atoms with van der Waals surface area (Å²) in [6, 6.07) is 11.4. The topological polar surface area (TPSA) is 43.9 Å². The number of carbonyl (C=O) groups excluding carboxylic acids is 2. The van der Waals surface area contributed by atoms with Gasteiger partial charge in [0.2, 0.25) is 5.91 Å². The lowest BCUT2D eigenvalue weighted by Crippen LogP contribution is -2.41. The largest absolute Gasteiger partial charge is 0.416 e. The Kier molecular flexibility index (Phi) is 5.42. The summed E-state index contributed by atoms with van der Waals surface area (Å²) in [7, 11) is 3.66. The minimum Gasteiger partial charge on any atom is -0.309 e. The van der Waals surface area contributed by atoms with Gasteiger partial charge in [-0.1, -0.05) is 18.2 Å². The highest BCUT2D eigenvalue weighted by Crippen LogP contribution is 2.35. The molecule has 0 radical (unpaired) electrons. The summed E-state index contributed by atoms with van der Waals surface area (Å²) in [6.45, 7) is 0.526. The molecule has 0 unspecified atom stereocenters. The molecule has 0 aliphatic carbocycles. The fourth-order valence-corrected chi connectivity index (χ4v) is 3.05. The Labute approximate surface area is 161 Å². The van der Waals surface area contributed by atoms with Crippen LogP contribution >= 0.6 is 0 Å². The number of amides is 2. The number of hydrogen-bond acceptors (Lipinski definition) is 3. The monoisotopic (exact) mass is 391 g/mol. The predicted molar refractivity (Wildman–Crippen MR) is 100 cm³/mol. The first-order valence-electron chi connectivity index (χ1n) is 8.72. The molecular weight excluding hydrogens is 371 g/mol. The molecule has 28 heavy (non-hydrogen) atoms. The van der Waals surface area contributed by atoms with E-state index < -0.39 is 17.6 Å². The van der Waals surface area contributed by atoms with Gasteiger partial charge in [-0.05, 0) is 44.4 Å². The molecule has 0 fully saturated rings. The summed E-state index contributed by atoms with van der Waals surface area (Å²) >= 11 is 0. The number of alkyl halides is 3. The Morgan fingerprint density at radius 3 is 2.32 bits per heavy atom.